The summed E-state index contributed by atoms with van der Waals surface area (Å²) in [6.07, 6.45) is 7.82. The number of anilines is 2. The first kappa shape index (κ1) is 34.8. The number of benzene rings is 2. The van der Waals surface area contributed by atoms with Gasteiger partial charge in [0.05, 0.1) is 66.2 Å². The first-order valence-electron chi connectivity index (χ1n) is 14.0. The van der Waals surface area contributed by atoms with Gasteiger partial charge in [0.15, 0.2) is 0 Å². The van der Waals surface area contributed by atoms with Gasteiger partial charge in [-0.15, -0.1) is 0 Å². The van der Waals surface area contributed by atoms with E-state index in [4.69, 9.17) is 4.74 Å². The van der Waals surface area contributed by atoms with Gasteiger partial charge in [-0.05, 0) is 62.4 Å². The zero-order valence-electron chi connectivity index (χ0n) is 25.1. The van der Waals surface area contributed by atoms with Crippen LogP contribution in [0.5, 0.6) is 0 Å². The third-order valence-corrected chi connectivity index (χ3v) is 7.00. The second-order valence-electron chi connectivity index (χ2n) is 9.84. The van der Waals surface area contributed by atoms with Crippen LogP contribution in [0.15, 0.2) is 93.8 Å². The predicted molar refractivity (Wildman–Crippen MR) is 174 cm³/mol. The van der Waals surface area contributed by atoms with Gasteiger partial charge >= 0.3 is 11.9 Å². The fourth-order valence-electron chi connectivity index (χ4n) is 4.50. The quantitative estimate of drug-likeness (QED) is 0.0957. The SMILES string of the molecule is C.C.CCN(CCOCCN(CC)c1ccc(N=Nc2n(C)cc[n+]2C)cc1)c1ccc(N=Nc2n(C)cc[n+]2C)cc1. The van der Waals surface area contributed by atoms with Crippen LogP contribution in [-0.2, 0) is 32.9 Å². The van der Waals surface area contributed by atoms with Crippen LogP contribution >= 0.6 is 0 Å². The molecule has 0 amide bonds. The van der Waals surface area contributed by atoms with Gasteiger partial charge in [-0.1, -0.05) is 25.1 Å². The van der Waals surface area contributed by atoms with Crippen LogP contribution in [0.3, 0.4) is 0 Å². The van der Waals surface area contributed by atoms with Crippen LogP contribution in [0.1, 0.15) is 28.7 Å². The summed E-state index contributed by atoms with van der Waals surface area (Å²) in [6, 6.07) is 16.3. The summed E-state index contributed by atoms with van der Waals surface area (Å²) in [7, 11) is 7.82. The van der Waals surface area contributed by atoms with Crippen molar-refractivity contribution in [3.63, 3.8) is 0 Å². The third kappa shape index (κ3) is 9.31. The van der Waals surface area contributed by atoms with Gasteiger partial charge < -0.3 is 14.5 Å². The molecule has 4 rings (SSSR count). The molecule has 4 aromatic rings. The number of imidazole rings is 2. The fourth-order valence-corrected chi connectivity index (χ4v) is 4.50. The molecule has 0 spiro atoms. The number of aryl methyl sites for hydroxylation is 4. The van der Waals surface area contributed by atoms with E-state index in [0.717, 1.165) is 60.8 Å². The smallest absolute Gasteiger partial charge is 0.378 e. The zero-order valence-corrected chi connectivity index (χ0v) is 25.1. The molecule has 2 aromatic carbocycles. The van der Waals surface area contributed by atoms with Crippen molar-refractivity contribution in [3.05, 3.63) is 73.3 Å². The highest BCUT2D eigenvalue weighted by atomic mass is 16.5. The van der Waals surface area contributed by atoms with E-state index in [0.29, 0.717) is 13.2 Å². The van der Waals surface area contributed by atoms with E-state index in [1.54, 1.807) is 0 Å². The van der Waals surface area contributed by atoms with E-state index >= 15 is 0 Å². The molecule has 0 atom stereocenters. The van der Waals surface area contributed by atoms with Crippen molar-refractivity contribution in [2.75, 3.05) is 49.2 Å². The molecule has 0 unspecified atom stereocenters. The molecule has 11 heteroatoms. The number of rotatable bonds is 14. The van der Waals surface area contributed by atoms with Gasteiger partial charge in [-0.3, -0.25) is 0 Å². The molecule has 0 aliphatic rings. The van der Waals surface area contributed by atoms with E-state index in [1.165, 1.54) is 0 Å². The Labute approximate surface area is 257 Å². The zero-order chi connectivity index (χ0) is 29.2. The Balaban J connectivity index is 0.00000323. The van der Waals surface area contributed by atoms with Gasteiger partial charge in [-0.25, -0.2) is 18.3 Å². The summed E-state index contributed by atoms with van der Waals surface area (Å²) in [5, 5.41) is 17.5. The molecular weight excluding hydrogens is 540 g/mol. The summed E-state index contributed by atoms with van der Waals surface area (Å²) in [5.74, 6) is 1.58. The standard InChI is InChI=1S/C30H42N10O.2CH4/c1-7-39(27-13-9-25(10-14-27)31-33-29-35(3)17-18-36(29)4)21-23-41-24-22-40(8-2)28-15-11-26(12-16-28)32-34-30-37(5)19-20-38(30)6;;/h9-20H,7-8,21-24H2,1-6H3;2*1H4/q+2;;. The molecule has 0 aliphatic heterocycles. The average Bonchev–Trinajstić information content (AvgIpc) is 3.49. The lowest BCUT2D eigenvalue weighted by Crippen LogP contribution is -2.30. The highest BCUT2D eigenvalue weighted by Crippen LogP contribution is 2.23. The van der Waals surface area contributed by atoms with Gasteiger partial charge in [0.2, 0.25) is 0 Å². The summed E-state index contributed by atoms with van der Waals surface area (Å²) in [6.45, 7) is 9.07. The van der Waals surface area contributed by atoms with E-state index in [2.05, 4.69) is 68.4 Å². The van der Waals surface area contributed by atoms with Crippen LogP contribution < -0.4 is 18.9 Å². The van der Waals surface area contributed by atoms with Crippen LogP contribution in [0, 0.1) is 0 Å². The molecule has 0 N–H and O–H groups in total. The van der Waals surface area contributed by atoms with Crippen molar-refractivity contribution in [2.45, 2.75) is 28.7 Å². The summed E-state index contributed by atoms with van der Waals surface area (Å²) in [5.41, 5.74) is 3.94. The molecule has 43 heavy (non-hydrogen) atoms. The molecule has 11 nitrogen and oxygen atoms in total. The molecule has 0 saturated heterocycles. The number of hydrogen-bond acceptors (Lipinski definition) is 7. The van der Waals surface area contributed by atoms with E-state index < -0.39 is 0 Å². The van der Waals surface area contributed by atoms with Crippen LogP contribution in [0.4, 0.5) is 34.6 Å². The Morgan fingerprint density at radius 1 is 0.628 bits per heavy atom. The number of aromatic nitrogens is 4. The molecule has 232 valence electrons. The Morgan fingerprint density at radius 3 is 1.30 bits per heavy atom. The molecule has 0 saturated carbocycles. The highest BCUT2D eigenvalue weighted by molar-refractivity contribution is 5.53. The van der Waals surface area contributed by atoms with E-state index in [-0.39, 0.29) is 14.9 Å². The van der Waals surface area contributed by atoms with Crippen molar-refractivity contribution in [2.24, 2.45) is 48.6 Å². The number of azo groups is 2. The Bertz CT molecular complexity index is 1290. The lowest BCUT2D eigenvalue weighted by atomic mass is 10.2. The maximum atomic E-state index is 6.03. The third-order valence-electron chi connectivity index (χ3n) is 7.00. The number of likely N-dealkylation sites (N-methyl/N-ethyl adjacent to an activating group) is 2. The van der Waals surface area contributed by atoms with Gasteiger partial charge in [-0.2, -0.15) is 0 Å². The Kier molecular flexibility index (Phi) is 13.7. The minimum atomic E-state index is 0. The highest BCUT2D eigenvalue weighted by Gasteiger charge is 2.12. The van der Waals surface area contributed by atoms with E-state index in [1.807, 2.05) is 95.5 Å². The number of ether oxygens (including phenoxy) is 1. The second-order valence-corrected chi connectivity index (χ2v) is 9.84. The Hall–Kier alpha value is -4.38. The van der Waals surface area contributed by atoms with E-state index in [9.17, 15) is 0 Å². The Morgan fingerprint density at radius 2 is 1.00 bits per heavy atom. The van der Waals surface area contributed by atoms with Crippen molar-refractivity contribution >= 4 is 34.6 Å². The van der Waals surface area contributed by atoms with Gasteiger partial charge in [0, 0.05) is 47.8 Å². The first-order chi connectivity index (χ1) is 19.9. The maximum Gasteiger partial charge on any atom is 0.421 e. The number of nitrogens with zero attached hydrogens (tertiary/aromatic N) is 10. The molecule has 2 aromatic heterocycles. The fraction of sp³-hybridized carbons (Fsp3) is 0.438. The maximum absolute atomic E-state index is 6.03. The van der Waals surface area contributed by atoms with Crippen LogP contribution in [0.25, 0.3) is 0 Å². The monoisotopic (exact) mass is 590 g/mol. The largest absolute Gasteiger partial charge is 0.421 e. The summed E-state index contributed by atoms with van der Waals surface area (Å²) < 4.78 is 13.8. The second kappa shape index (κ2) is 16.9. The van der Waals surface area contributed by atoms with Crippen molar-refractivity contribution in [3.8, 4) is 0 Å². The predicted octanol–water partition coefficient (Wildman–Crippen LogP) is 6.49. The van der Waals surface area contributed by atoms with Crippen molar-refractivity contribution in [1.29, 1.82) is 0 Å². The normalized spacial score (nSPS) is 11.1. The van der Waals surface area contributed by atoms with Crippen molar-refractivity contribution < 1.29 is 13.9 Å². The molecule has 2 heterocycles. The molecule has 0 bridgehead atoms. The summed E-state index contributed by atoms with van der Waals surface area (Å²) in [4.78, 5) is 4.61. The molecule has 0 aliphatic carbocycles. The lowest BCUT2D eigenvalue weighted by molar-refractivity contribution is -0.657. The molecule has 0 fully saturated rings. The minimum Gasteiger partial charge on any atom is -0.378 e. The van der Waals surface area contributed by atoms with Gasteiger partial charge in [0.1, 0.15) is 11.4 Å². The first-order valence-corrected chi connectivity index (χ1v) is 14.0. The minimum absolute atomic E-state index is 0. The molecular formula is C32H50N10O+2. The van der Waals surface area contributed by atoms with Crippen LogP contribution in [0.2, 0.25) is 0 Å². The average molecular weight is 591 g/mol. The van der Waals surface area contributed by atoms with Gasteiger partial charge in [0.25, 0.3) is 0 Å². The topological polar surface area (TPSA) is 82.8 Å². The number of hydrogen-bond donors (Lipinski definition) is 0. The van der Waals surface area contributed by atoms with Crippen molar-refractivity contribution in [1.82, 2.24) is 9.13 Å². The van der Waals surface area contributed by atoms with Crippen LogP contribution in [-0.4, -0.2) is 48.5 Å². The lowest BCUT2D eigenvalue weighted by Gasteiger charge is -2.25. The molecule has 0 radical (unpaired) electrons. The summed E-state index contributed by atoms with van der Waals surface area (Å²) >= 11 is 0.